The number of hydrogen-bond acceptors (Lipinski definition) is 6. The summed E-state index contributed by atoms with van der Waals surface area (Å²) in [5, 5.41) is 8.76. The molecular weight excluding hydrogens is 372 g/mol. The summed E-state index contributed by atoms with van der Waals surface area (Å²) >= 11 is 0. The largest absolute Gasteiger partial charge is 0.379 e. The molecule has 1 amide bonds. The van der Waals surface area contributed by atoms with Crippen LogP contribution in [0.15, 0.2) is 29.2 Å². The first kappa shape index (κ1) is 19.3. The van der Waals surface area contributed by atoms with Crippen molar-refractivity contribution in [1.82, 2.24) is 18.9 Å². The lowest BCUT2D eigenvalue weighted by Gasteiger charge is -2.26. The Morgan fingerprint density at radius 3 is 2.76 bits per heavy atom. The van der Waals surface area contributed by atoms with E-state index in [2.05, 4.69) is 9.88 Å². The second-order valence-corrected chi connectivity index (χ2v) is 7.32. The van der Waals surface area contributed by atoms with Gasteiger partial charge in [0.1, 0.15) is 16.8 Å². The van der Waals surface area contributed by atoms with Crippen LogP contribution in [0.4, 0.5) is 0 Å². The summed E-state index contributed by atoms with van der Waals surface area (Å²) < 4.78 is 8.45. The molecule has 0 aromatic carbocycles. The number of nitrogens with zero attached hydrogens (tertiary/aromatic N) is 4. The van der Waals surface area contributed by atoms with Gasteiger partial charge in [-0.2, -0.15) is 0 Å². The highest BCUT2D eigenvalue weighted by Gasteiger charge is 2.16. The van der Waals surface area contributed by atoms with Gasteiger partial charge in [0.05, 0.1) is 24.2 Å². The summed E-state index contributed by atoms with van der Waals surface area (Å²) in [4.78, 5) is 31.9. The zero-order valence-corrected chi connectivity index (χ0v) is 16.4. The maximum Gasteiger partial charge on any atom is 0.267 e. The van der Waals surface area contributed by atoms with Gasteiger partial charge in [-0.25, -0.2) is 4.98 Å². The molecule has 0 spiro atoms. The van der Waals surface area contributed by atoms with Gasteiger partial charge in [-0.05, 0) is 31.0 Å². The van der Waals surface area contributed by atoms with E-state index in [1.807, 2.05) is 13.0 Å². The molecule has 1 saturated heterocycles. The number of hydrogen-bond donors (Lipinski definition) is 2. The topological polar surface area (TPSA) is 119 Å². The lowest BCUT2D eigenvalue weighted by atomic mass is 10.2. The van der Waals surface area contributed by atoms with Crippen molar-refractivity contribution < 1.29 is 9.53 Å². The van der Waals surface area contributed by atoms with E-state index in [0.29, 0.717) is 17.8 Å². The lowest BCUT2D eigenvalue weighted by Crippen LogP contribution is -2.38. The van der Waals surface area contributed by atoms with Gasteiger partial charge in [0, 0.05) is 32.4 Å². The third kappa shape index (κ3) is 3.66. The highest BCUT2D eigenvalue weighted by atomic mass is 16.5. The molecule has 9 heteroatoms. The number of aromatic nitrogens is 3. The Balaban J connectivity index is 1.82. The molecular formula is C20H24N6O3. The molecule has 9 nitrogen and oxygen atoms in total. The number of ether oxygens (including phenoxy) is 1. The van der Waals surface area contributed by atoms with Crippen LogP contribution >= 0.6 is 0 Å². The number of nitrogens with two attached hydrogens (primary N) is 1. The first-order valence-electron chi connectivity index (χ1n) is 9.67. The quantitative estimate of drug-likeness (QED) is 0.600. The molecule has 1 aliphatic rings. The van der Waals surface area contributed by atoms with E-state index >= 15 is 0 Å². The molecule has 3 aromatic heterocycles. The smallest absolute Gasteiger partial charge is 0.267 e. The number of fused-ring (bicyclic) bond motifs is 2. The van der Waals surface area contributed by atoms with Gasteiger partial charge < -0.3 is 15.0 Å². The number of morpholine rings is 1. The second-order valence-electron chi connectivity index (χ2n) is 7.32. The van der Waals surface area contributed by atoms with Gasteiger partial charge >= 0.3 is 0 Å². The average molecular weight is 396 g/mol. The molecule has 3 aromatic rings. The molecule has 0 radical (unpaired) electrons. The minimum absolute atomic E-state index is 0.0182. The van der Waals surface area contributed by atoms with Crippen molar-refractivity contribution in [1.29, 1.82) is 5.41 Å². The lowest BCUT2D eigenvalue weighted by molar-refractivity contribution is 0.0369. The fraction of sp³-hybridized carbons (Fsp3) is 0.400. The van der Waals surface area contributed by atoms with Gasteiger partial charge in [0.25, 0.3) is 11.5 Å². The van der Waals surface area contributed by atoms with E-state index in [-0.39, 0.29) is 22.0 Å². The normalized spacial score (nSPS) is 15.2. The molecule has 29 heavy (non-hydrogen) atoms. The van der Waals surface area contributed by atoms with Crippen LogP contribution in [0.3, 0.4) is 0 Å². The van der Waals surface area contributed by atoms with E-state index in [1.54, 1.807) is 16.8 Å². The summed E-state index contributed by atoms with van der Waals surface area (Å²) in [7, 11) is 0. The fourth-order valence-corrected chi connectivity index (χ4v) is 3.73. The van der Waals surface area contributed by atoms with E-state index in [9.17, 15) is 9.59 Å². The van der Waals surface area contributed by atoms with Gasteiger partial charge in [0.2, 0.25) is 0 Å². The van der Waals surface area contributed by atoms with Gasteiger partial charge in [-0.3, -0.25) is 24.3 Å². The minimum atomic E-state index is -0.729. The van der Waals surface area contributed by atoms with Crippen LogP contribution in [0, 0.1) is 12.3 Å². The predicted molar refractivity (Wildman–Crippen MR) is 108 cm³/mol. The van der Waals surface area contributed by atoms with Crippen LogP contribution < -0.4 is 16.8 Å². The number of primary amides is 1. The maximum absolute atomic E-state index is 13.1. The maximum atomic E-state index is 13.1. The molecule has 0 atom stereocenters. The van der Waals surface area contributed by atoms with Crippen molar-refractivity contribution in [2.75, 3.05) is 32.8 Å². The van der Waals surface area contributed by atoms with Crippen LogP contribution in [0.2, 0.25) is 0 Å². The van der Waals surface area contributed by atoms with Gasteiger partial charge in [-0.15, -0.1) is 0 Å². The molecule has 4 rings (SSSR count). The minimum Gasteiger partial charge on any atom is -0.379 e. The van der Waals surface area contributed by atoms with Gasteiger partial charge in [-0.1, -0.05) is 6.07 Å². The molecule has 152 valence electrons. The summed E-state index contributed by atoms with van der Waals surface area (Å²) in [6.45, 7) is 6.39. The molecule has 3 N–H and O–H groups in total. The van der Waals surface area contributed by atoms with E-state index in [4.69, 9.17) is 15.9 Å². The number of carbonyl (C=O) groups is 1. The van der Waals surface area contributed by atoms with E-state index in [0.717, 1.165) is 44.8 Å². The first-order valence-corrected chi connectivity index (χ1v) is 9.67. The van der Waals surface area contributed by atoms with Gasteiger partial charge in [0.15, 0.2) is 0 Å². The molecule has 1 fully saturated rings. The first-order chi connectivity index (χ1) is 14.0. The molecule has 0 aliphatic carbocycles. The van der Waals surface area contributed by atoms with Crippen molar-refractivity contribution in [3.63, 3.8) is 0 Å². The number of aryl methyl sites for hydroxylation is 2. The van der Waals surface area contributed by atoms with Crippen molar-refractivity contribution in [3.05, 3.63) is 51.4 Å². The Kier molecular flexibility index (Phi) is 5.16. The Morgan fingerprint density at radius 2 is 2.03 bits per heavy atom. The average Bonchev–Trinajstić information content (AvgIpc) is 2.71. The number of pyridine rings is 2. The molecule has 0 unspecified atom stereocenters. The summed E-state index contributed by atoms with van der Waals surface area (Å²) in [6.07, 6.45) is 2.47. The van der Waals surface area contributed by atoms with Crippen molar-refractivity contribution in [3.8, 4) is 0 Å². The van der Waals surface area contributed by atoms with Crippen LogP contribution in [0.5, 0.6) is 0 Å². The number of carbonyl (C=O) groups excluding carboxylic acids is 1. The van der Waals surface area contributed by atoms with Crippen LogP contribution in [-0.4, -0.2) is 57.6 Å². The zero-order chi connectivity index (χ0) is 20.5. The Labute approximate surface area is 166 Å². The van der Waals surface area contributed by atoms with Crippen LogP contribution in [-0.2, 0) is 11.3 Å². The summed E-state index contributed by atoms with van der Waals surface area (Å²) in [5.41, 5.74) is 7.03. The Hall–Kier alpha value is -3.04. The SMILES string of the molecule is Cc1ccc2nc3c(cc(C(N)=O)c(=N)n3CCCN3CCOCC3)c(=O)n2c1. The molecule has 1 aliphatic heterocycles. The summed E-state index contributed by atoms with van der Waals surface area (Å²) in [6, 6.07) is 5.05. The predicted octanol–water partition coefficient (Wildman–Crippen LogP) is 0.258. The van der Waals surface area contributed by atoms with Crippen molar-refractivity contribution >= 4 is 22.6 Å². The monoisotopic (exact) mass is 396 g/mol. The number of rotatable bonds is 5. The van der Waals surface area contributed by atoms with Crippen molar-refractivity contribution in [2.24, 2.45) is 5.73 Å². The second kappa shape index (κ2) is 7.76. The standard InChI is InChI=1S/C20H24N6O3/c1-13-3-4-16-23-19-15(20(28)26(16)12-13)11-14(18(22)27)17(21)25(19)6-2-5-24-7-9-29-10-8-24/h3-4,11-12,21H,2,5-10H2,1H3,(H2,22,27). The third-order valence-corrected chi connectivity index (χ3v) is 5.28. The van der Waals surface area contributed by atoms with E-state index < -0.39 is 5.91 Å². The van der Waals surface area contributed by atoms with Crippen molar-refractivity contribution in [2.45, 2.75) is 19.9 Å². The number of nitrogens with one attached hydrogen (secondary N) is 1. The molecule has 0 bridgehead atoms. The third-order valence-electron chi connectivity index (χ3n) is 5.28. The van der Waals surface area contributed by atoms with E-state index in [1.165, 1.54) is 10.5 Å². The zero-order valence-electron chi connectivity index (χ0n) is 16.4. The number of amides is 1. The van der Waals surface area contributed by atoms with Crippen LogP contribution in [0.1, 0.15) is 22.3 Å². The molecule has 4 heterocycles. The molecule has 0 saturated carbocycles. The highest BCUT2D eigenvalue weighted by molar-refractivity contribution is 5.95. The Morgan fingerprint density at radius 1 is 1.28 bits per heavy atom. The summed E-state index contributed by atoms with van der Waals surface area (Å²) in [5.74, 6) is -0.729. The Bertz CT molecular complexity index is 1210. The van der Waals surface area contributed by atoms with Crippen LogP contribution in [0.25, 0.3) is 16.7 Å². The highest BCUT2D eigenvalue weighted by Crippen LogP contribution is 2.12. The fourth-order valence-electron chi connectivity index (χ4n) is 3.73.